The van der Waals surface area contributed by atoms with E-state index in [1.54, 1.807) is 44.0 Å². The van der Waals surface area contributed by atoms with Gasteiger partial charge in [0.1, 0.15) is 23.2 Å². The second-order valence-electron chi connectivity index (χ2n) is 10.7. The Kier molecular flexibility index (Phi) is 9.91. The Hall–Kier alpha value is -5.15. The average Bonchev–Trinajstić information content (AvgIpc) is 2.99. The lowest BCUT2D eigenvalue weighted by atomic mass is 9.94. The molecular formula is C36H35N3O3. The normalized spacial score (nSPS) is 11.5. The van der Waals surface area contributed by atoms with Gasteiger partial charge in [-0.1, -0.05) is 103 Å². The number of hydrogen-bond donors (Lipinski definition) is 1. The molecule has 212 valence electrons. The highest BCUT2D eigenvalue weighted by atomic mass is 16.6. The van der Waals surface area contributed by atoms with E-state index in [-0.39, 0.29) is 18.7 Å². The number of nitrogens with zero attached hydrogens (tertiary/aromatic N) is 2. The molecule has 4 aromatic rings. The van der Waals surface area contributed by atoms with Crippen molar-refractivity contribution in [2.75, 3.05) is 11.4 Å². The molecule has 1 atom stereocenters. The molecule has 1 heterocycles. The van der Waals surface area contributed by atoms with Crippen molar-refractivity contribution in [1.29, 1.82) is 0 Å². The number of benzene rings is 3. The second-order valence-corrected chi connectivity index (χ2v) is 10.7. The van der Waals surface area contributed by atoms with Gasteiger partial charge >= 0.3 is 5.97 Å². The predicted octanol–water partition coefficient (Wildman–Crippen LogP) is 6.05. The number of carbonyl (C=O) groups is 2. The first-order valence-electron chi connectivity index (χ1n) is 13.8. The van der Waals surface area contributed by atoms with E-state index in [9.17, 15) is 9.59 Å². The third-order valence-electron chi connectivity index (χ3n) is 6.30. The summed E-state index contributed by atoms with van der Waals surface area (Å²) in [5.41, 5.74) is 2.68. The lowest BCUT2D eigenvalue weighted by Crippen LogP contribution is -2.48. The molecule has 6 nitrogen and oxygen atoms in total. The van der Waals surface area contributed by atoms with Crippen molar-refractivity contribution in [1.82, 2.24) is 10.3 Å². The van der Waals surface area contributed by atoms with Crippen molar-refractivity contribution >= 4 is 23.3 Å². The summed E-state index contributed by atoms with van der Waals surface area (Å²) in [5, 5.41) is 3.01. The highest BCUT2D eigenvalue weighted by Crippen LogP contribution is 2.31. The Bertz CT molecular complexity index is 1500. The molecule has 0 unspecified atom stereocenters. The molecule has 1 amide bonds. The summed E-state index contributed by atoms with van der Waals surface area (Å²) in [6, 6.07) is 33.3. The highest BCUT2D eigenvalue weighted by Gasteiger charge is 2.32. The van der Waals surface area contributed by atoms with Crippen LogP contribution < -0.4 is 10.2 Å². The van der Waals surface area contributed by atoms with Crippen molar-refractivity contribution in [3.8, 4) is 12.3 Å². The predicted molar refractivity (Wildman–Crippen MR) is 167 cm³/mol. The average molecular weight is 558 g/mol. The van der Waals surface area contributed by atoms with Crippen molar-refractivity contribution < 1.29 is 14.3 Å². The minimum atomic E-state index is -0.960. The summed E-state index contributed by atoms with van der Waals surface area (Å²) in [5.74, 6) is 2.18. The molecule has 4 rings (SSSR count). The summed E-state index contributed by atoms with van der Waals surface area (Å²) in [7, 11) is 0. The lowest BCUT2D eigenvalue weighted by molar-refractivity contribution is -0.158. The molecule has 0 aliphatic rings. The lowest BCUT2D eigenvalue weighted by Gasteiger charge is -2.29. The van der Waals surface area contributed by atoms with Gasteiger partial charge < -0.3 is 15.0 Å². The number of ether oxygens (including phenoxy) is 1. The van der Waals surface area contributed by atoms with Crippen LogP contribution in [0.2, 0.25) is 0 Å². The number of aromatic nitrogens is 1. The molecule has 0 spiro atoms. The number of carbonyl (C=O) groups excluding carboxylic acids is 2. The Balaban J connectivity index is 1.91. The molecule has 42 heavy (non-hydrogen) atoms. The minimum absolute atomic E-state index is 0.0682. The summed E-state index contributed by atoms with van der Waals surface area (Å²) in [6.45, 7) is 5.47. The first-order chi connectivity index (χ1) is 20.3. The van der Waals surface area contributed by atoms with Gasteiger partial charge in [-0.2, -0.15) is 0 Å². The number of hydrogen-bond acceptors (Lipinski definition) is 5. The standard InChI is InChI=1S/C36H35N3O3/c1-5-25-39(31-23-15-16-24-37-31)33(32(28-19-11-7-12-20-28)29-21-13-8-14-22-29)34(40)38-30(35(41)42-36(2,3)4)26-27-17-9-6-10-18-27/h1,6-24,30H,25-26H2,2-4H3,(H,38,40)/t30-/m1/s1. The van der Waals surface area contributed by atoms with Crippen LogP contribution in [0.15, 0.2) is 121 Å². The molecule has 0 saturated heterocycles. The number of anilines is 1. The van der Waals surface area contributed by atoms with Crippen LogP contribution in [-0.2, 0) is 20.7 Å². The van der Waals surface area contributed by atoms with E-state index in [0.717, 1.165) is 16.7 Å². The Morgan fingerprint density at radius 3 is 1.90 bits per heavy atom. The molecular weight excluding hydrogens is 522 g/mol. The number of terminal acetylenes is 1. The number of pyridine rings is 1. The van der Waals surface area contributed by atoms with Gasteiger partial charge in [0, 0.05) is 18.2 Å². The van der Waals surface area contributed by atoms with Gasteiger partial charge in [0.15, 0.2) is 0 Å². The number of nitrogens with one attached hydrogen (secondary N) is 1. The Morgan fingerprint density at radius 2 is 1.40 bits per heavy atom. The summed E-state index contributed by atoms with van der Waals surface area (Å²) >= 11 is 0. The highest BCUT2D eigenvalue weighted by molar-refractivity contribution is 6.08. The van der Waals surface area contributed by atoms with Crippen molar-refractivity contribution in [3.05, 3.63) is 138 Å². The van der Waals surface area contributed by atoms with Gasteiger partial charge in [-0.15, -0.1) is 6.42 Å². The molecule has 0 saturated carbocycles. The monoisotopic (exact) mass is 557 g/mol. The second kappa shape index (κ2) is 14.0. The van der Waals surface area contributed by atoms with Crippen LogP contribution in [0.25, 0.3) is 5.57 Å². The molecule has 3 aromatic carbocycles. The minimum Gasteiger partial charge on any atom is -0.458 e. The molecule has 0 radical (unpaired) electrons. The molecule has 1 aromatic heterocycles. The van der Waals surface area contributed by atoms with Crippen LogP contribution in [-0.4, -0.2) is 35.0 Å². The van der Waals surface area contributed by atoms with Crippen LogP contribution >= 0.6 is 0 Å². The molecule has 1 N–H and O–H groups in total. The largest absolute Gasteiger partial charge is 0.458 e. The number of amides is 1. The van der Waals surface area contributed by atoms with Gasteiger partial charge in [0.05, 0.1) is 6.54 Å². The van der Waals surface area contributed by atoms with Crippen molar-refractivity contribution in [2.24, 2.45) is 0 Å². The van der Waals surface area contributed by atoms with Crippen LogP contribution in [0.4, 0.5) is 5.82 Å². The van der Waals surface area contributed by atoms with E-state index >= 15 is 0 Å². The first kappa shape index (κ1) is 29.8. The summed E-state index contributed by atoms with van der Waals surface area (Å²) < 4.78 is 5.75. The first-order valence-corrected chi connectivity index (χ1v) is 13.8. The SMILES string of the molecule is C#CCN(C(C(=O)N[C@H](Cc1ccccc1)C(=O)OC(C)(C)C)=C(c1ccccc1)c1ccccc1)c1ccccn1. The molecule has 0 fully saturated rings. The topological polar surface area (TPSA) is 71.5 Å². The zero-order chi connectivity index (χ0) is 30.0. The molecule has 6 heteroatoms. The maximum Gasteiger partial charge on any atom is 0.329 e. The van der Waals surface area contributed by atoms with E-state index in [2.05, 4.69) is 16.2 Å². The van der Waals surface area contributed by atoms with E-state index in [4.69, 9.17) is 11.2 Å². The Labute approximate surface area is 248 Å². The van der Waals surface area contributed by atoms with Crippen molar-refractivity contribution in [3.63, 3.8) is 0 Å². The van der Waals surface area contributed by atoms with Crippen LogP contribution in [0.3, 0.4) is 0 Å². The van der Waals surface area contributed by atoms with E-state index < -0.39 is 23.5 Å². The van der Waals surface area contributed by atoms with Crippen LogP contribution in [0.5, 0.6) is 0 Å². The van der Waals surface area contributed by atoms with Crippen LogP contribution in [0.1, 0.15) is 37.5 Å². The van der Waals surface area contributed by atoms with Crippen molar-refractivity contribution in [2.45, 2.75) is 38.8 Å². The zero-order valence-electron chi connectivity index (χ0n) is 24.2. The third kappa shape index (κ3) is 7.96. The fourth-order valence-corrected chi connectivity index (χ4v) is 4.54. The van der Waals surface area contributed by atoms with Gasteiger partial charge in [-0.25, -0.2) is 9.78 Å². The smallest absolute Gasteiger partial charge is 0.329 e. The molecule has 0 aliphatic heterocycles. The zero-order valence-corrected chi connectivity index (χ0v) is 24.2. The number of rotatable bonds is 10. The number of esters is 1. The van der Waals surface area contributed by atoms with E-state index in [1.165, 1.54) is 0 Å². The van der Waals surface area contributed by atoms with Gasteiger partial charge in [-0.05, 0) is 49.6 Å². The maximum atomic E-state index is 14.6. The van der Waals surface area contributed by atoms with E-state index in [1.807, 2.05) is 97.1 Å². The van der Waals surface area contributed by atoms with Gasteiger partial charge in [-0.3, -0.25) is 4.79 Å². The third-order valence-corrected chi connectivity index (χ3v) is 6.30. The Morgan fingerprint density at radius 1 is 0.857 bits per heavy atom. The van der Waals surface area contributed by atoms with Gasteiger partial charge in [0.25, 0.3) is 5.91 Å². The quantitative estimate of drug-likeness (QED) is 0.146. The fourth-order valence-electron chi connectivity index (χ4n) is 4.54. The summed E-state index contributed by atoms with van der Waals surface area (Å²) in [4.78, 5) is 34.3. The summed E-state index contributed by atoms with van der Waals surface area (Å²) in [6.07, 6.45) is 7.76. The molecule has 0 bridgehead atoms. The van der Waals surface area contributed by atoms with Gasteiger partial charge in [0.2, 0.25) is 0 Å². The fraction of sp³-hybridized carbons (Fsp3) is 0.194. The van der Waals surface area contributed by atoms with E-state index in [0.29, 0.717) is 11.4 Å². The maximum absolute atomic E-state index is 14.6. The van der Waals surface area contributed by atoms with Crippen LogP contribution in [0, 0.1) is 12.3 Å². The molecule has 0 aliphatic carbocycles.